The predicted octanol–water partition coefficient (Wildman–Crippen LogP) is 2.61. The highest BCUT2D eigenvalue weighted by atomic mass is 16.5. The van der Waals surface area contributed by atoms with Gasteiger partial charge in [-0.1, -0.05) is 6.07 Å². The Labute approximate surface area is 146 Å². The highest BCUT2D eigenvalue weighted by Crippen LogP contribution is 2.21. The summed E-state index contributed by atoms with van der Waals surface area (Å²) in [5.41, 5.74) is 0.520. The van der Waals surface area contributed by atoms with Gasteiger partial charge in [0, 0.05) is 43.5 Å². The number of nitrogens with zero attached hydrogens (tertiary/aromatic N) is 2. The molecule has 1 aromatic carbocycles. The Kier molecular flexibility index (Phi) is 5.28. The summed E-state index contributed by atoms with van der Waals surface area (Å²) in [4.78, 5) is 29.9. The standard InChI is InChI=1S/C19H21N3O3/c1-14(13-22-11-3-6-18(22)23)21-19(24)15-4-2-5-17(12-15)25-16-7-9-20-10-8-16/h2,4-5,7-10,12,14H,3,6,11,13H2,1H3,(H,21,24)/t14-/m0/s1. The van der Waals surface area contributed by atoms with E-state index in [1.165, 1.54) is 0 Å². The first kappa shape index (κ1) is 17.0. The number of pyridine rings is 1. The summed E-state index contributed by atoms with van der Waals surface area (Å²) in [7, 11) is 0. The molecule has 0 radical (unpaired) electrons. The maximum atomic E-state index is 12.4. The third-order valence-electron chi connectivity index (χ3n) is 4.02. The normalized spacial score (nSPS) is 15.1. The molecular weight excluding hydrogens is 318 g/mol. The summed E-state index contributed by atoms with van der Waals surface area (Å²) in [6, 6.07) is 10.4. The summed E-state index contributed by atoms with van der Waals surface area (Å²) in [6.07, 6.45) is 4.80. The van der Waals surface area contributed by atoms with E-state index in [-0.39, 0.29) is 17.9 Å². The maximum absolute atomic E-state index is 12.4. The SMILES string of the molecule is C[C@@H](CN1CCCC1=O)NC(=O)c1cccc(Oc2ccncc2)c1. The average molecular weight is 339 g/mol. The fraction of sp³-hybridized carbons (Fsp3) is 0.316. The average Bonchev–Trinajstić information content (AvgIpc) is 3.00. The summed E-state index contributed by atoms with van der Waals surface area (Å²) in [5.74, 6) is 1.22. The van der Waals surface area contributed by atoms with Gasteiger partial charge < -0.3 is 15.0 Å². The van der Waals surface area contributed by atoms with Crippen molar-refractivity contribution in [3.63, 3.8) is 0 Å². The number of hydrogen-bond acceptors (Lipinski definition) is 4. The number of ether oxygens (including phenoxy) is 1. The molecule has 0 saturated carbocycles. The molecule has 1 aliphatic heterocycles. The van der Waals surface area contributed by atoms with Crippen molar-refractivity contribution in [1.29, 1.82) is 0 Å². The van der Waals surface area contributed by atoms with Crippen molar-refractivity contribution >= 4 is 11.8 Å². The van der Waals surface area contributed by atoms with Crippen molar-refractivity contribution in [2.75, 3.05) is 13.1 Å². The Morgan fingerprint density at radius 3 is 2.80 bits per heavy atom. The Morgan fingerprint density at radius 1 is 1.28 bits per heavy atom. The van der Waals surface area contributed by atoms with Gasteiger partial charge in [0.15, 0.2) is 0 Å². The van der Waals surface area contributed by atoms with E-state index < -0.39 is 0 Å². The maximum Gasteiger partial charge on any atom is 0.251 e. The van der Waals surface area contributed by atoms with Crippen LogP contribution in [0.15, 0.2) is 48.8 Å². The van der Waals surface area contributed by atoms with Crippen LogP contribution >= 0.6 is 0 Å². The minimum Gasteiger partial charge on any atom is -0.457 e. The lowest BCUT2D eigenvalue weighted by Gasteiger charge is -2.21. The molecule has 25 heavy (non-hydrogen) atoms. The number of nitrogens with one attached hydrogen (secondary N) is 1. The highest BCUT2D eigenvalue weighted by Gasteiger charge is 2.22. The third-order valence-corrected chi connectivity index (χ3v) is 4.02. The van der Waals surface area contributed by atoms with Gasteiger partial charge in [0.2, 0.25) is 5.91 Å². The fourth-order valence-corrected chi connectivity index (χ4v) is 2.82. The van der Waals surface area contributed by atoms with E-state index in [1.807, 2.05) is 6.92 Å². The van der Waals surface area contributed by atoms with Crippen LogP contribution in [-0.2, 0) is 4.79 Å². The number of amides is 2. The van der Waals surface area contributed by atoms with Crippen LogP contribution in [-0.4, -0.2) is 40.8 Å². The molecule has 2 aromatic rings. The van der Waals surface area contributed by atoms with Crippen molar-refractivity contribution in [3.05, 3.63) is 54.4 Å². The van der Waals surface area contributed by atoms with Gasteiger partial charge in [-0.2, -0.15) is 0 Å². The van der Waals surface area contributed by atoms with Gasteiger partial charge in [0.25, 0.3) is 5.91 Å². The third kappa shape index (κ3) is 4.56. The van der Waals surface area contributed by atoms with Crippen LogP contribution in [0.4, 0.5) is 0 Å². The molecule has 1 aliphatic rings. The molecule has 0 spiro atoms. The number of benzene rings is 1. The van der Waals surface area contributed by atoms with E-state index in [9.17, 15) is 9.59 Å². The highest BCUT2D eigenvalue weighted by molar-refractivity contribution is 5.94. The first-order valence-electron chi connectivity index (χ1n) is 8.38. The molecule has 1 saturated heterocycles. The van der Waals surface area contributed by atoms with Gasteiger partial charge in [0.05, 0.1) is 0 Å². The second kappa shape index (κ2) is 7.79. The van der Waals surface area contributed by atoms with E-state index in [0.717, 1.165) is 13.0 Å². The van der Waals surface area contributed by atoms with Crippen molar-refractivity contribution in [2.45, 2.75) is 25.8 Å². The molecule has 0 aliphatic carbocycles. The number of rotatable bonds is 6. The van der Waals surface area contributed by atoms with E-state index in [1.54, 1.807) is 53.7 Å². The van der Waals surface area contributed by atoms with Gasteiger partial charge in [-0.25, -0.2) is 0 Å². The van der Waals surface area contributed by atoms with Gasteiger partial charge in [-0.3, -0.25) is 14.6 Å². The molecule has 130 valence electrons. The zero-order valence-corrected chi connectivity index (χ0v) is 14.1. The van der Waals surface area contributed by atoms with E-state index in [2.05, 4.69) is 10.3 Å². The molecule has 6 nitrogen and oxygen atoms in total. The lowest BCUT2D eigenvalue weighted by molar-refractivity contribution is -0.127. The summed E-state index contributed by atoms with van der Waals surface area (Å²) in [6.45, 7) is 3.22. The summed E-state index contributed by atoms with van der Waals surface area (Å²) >= 11 is 0. The van der Waals surface area contributed by atoms with Crippen LogP contribution in [0.2, 0.25) is 0 Å². The molecule has 1 aromatic heterocycles. The monoisotopic (exact) mass is 339 g/mol. The molecule has 1 atom stereocenters. The zero-order valence-electron chi connectivity index (χ0n) is 14.1. The van der Waals surface area contributed by atoms with Crippen molar-refractivity contribution in [2.24, 2.45) is 0 Å². The minimum atomic E-state index is -0.181. The number of likely N-dealkylation sites (tertiary alicyclic amines) is 1. The van der Waals surface area contributed by atoms with E-state index in [0.29, 0.717) is 30.0 Å². The number of aromatic nitrogens is 1. The van der Waals surface area contributed by atoms with Gasteiger partial charge in [0.1, 0.15) is 11.5 Å². The molecule has 2 heterocycles. The van der Waals surface area contributed by atoms with Gasteiger partial charge in [-0.05, 0) is 43.7 Å². The second-order valence-corrected chi connectivity index (χ2v) is 6.13. The van der Waals surface area contributed by atoms with Gasteiger partial charge >= 0.3 is 0 Å². The Hall–Kier alpha value is -2.89. The molecular formula is C19H21N3O3. The molecule has 0 bridgehead atoms. The van der Waals surface area contributed by atoms with Crippen LogP contribution in [0.1, 0.15) is 30.1 Å². The lowest BCUT2D eigenvalue weighted by atomic mass is 10.2. The van der Waals surface area contributed by atoms with Crippen molar-refractivity contribution in [3.8, 4) is 11.5 Å². The molecule has 2 amide bonds. The lowest BCUT2D eigenvalue weighted by Crippen LogP contribution is -2.42. The van der Waals surface area contributed by atoms with Crippen LogP contribution in [0.25, 0.3) is 0 Å². The number of hydrogen-bond donors (Lipinski definition) is 1. The fourth-order valence-electron chi connectivity index (χ4n) is 2.82. The Bertz CT molecular complexity index is 749. The van der Waals surface area contributed by atoms with Crippen LogP contribution in [0.5, 0.6) is 11.5 Å². The van der Waals surface area contributed by atoms with Crippen molar-refractivity contribution < 1.29 is 14.3 Å². The molecule has 3 rings (SSSR count). The largest absolute Gasteiger partial charge is 0.457 e. The van der Waals surface area contributed by atoms with E-state index >= 15 is 0 Å². The predicted molar refractivity (Wildman–Crippen MR) is 93.5 cm³/mol. The van der Waals surface area contributed by atoms with Crippen molar-refractivity contribution in [1.82, 2.24) is 15.2 Å². The quantitative estimate of drug-likeness (QED) is 0.878. The number of carbonyl (C=O) groups excluding carboxylic acids is 2. The Morgan fingerprint density at radius 2 is 2.08 bits per heavy atom. The van der Waals surface area contributed by atoms with Crippen LogP contribution in [0, 0.1) is 0 Å². The zero-order chi connectivity index (χ0) is 17.6. The molecule has 1 N–H and O–H groups in total. The molecule has 0 unspecified atom stereocenters. The molecule has 6 heteroatoms. The topological polar surface area (TPSA) is 71.5 Å². The smallest absolute Gasteiger partial charge is 0.251 e. The van der Waals surface area contributed by atoms with Gasteiger partial charge in [-0.15, -0.1) is 0 Å². The molecule has 1 fully saturated rings. The van der Waals surface area contributed by atoms with Crippen LogP contribution < -0.4 is 10.1 Å². The first-order valence-corrected chi connectivity index (χ1v) is 8.38. The number of carbonyl (C=O) groups is 2. The first-order chi connectivity index (χ1) is 12.1. The Balaban J connectivity index is 1.60. The van der Waals surface area contributed by atoms with E-state index in [4.69, 9.17) is 4.74 Å². The second-order valence-electron chi connectivity index (χ2n) is 6.13. The summed E-state index contributed by atoms with van der Waals surface area (Å²) in [5, 5.41) is 2.94. The van der Waals surface area contributed by atoms with Crippen LogP contribution in [0.3, 0.4) is 0 Å². The minimum absolute atomic E-state index is 0.112. The summed E-state index contributed by atoms with van der Waals surface area (Å²) < 4.78 is 5.72.